The van der Waals surface area contributed by atoms with E-state index >= 15 is 0 Å². The Bertz CT molecular complexity index is 510. The Labute approximate surface area is 114 Å². The number of rotatable bonds is 3. The fourth-order valence-electron chi connectivity index (χ4n) is 2.33. The molecule has 5 nitrogen and oxygen atoms in total. The molecule has 1 aliphatic heterocycles. The summed E-state index contributed by atoms with van der Waals surface area (Å²) in [5.74, 6) is -0.638. The van der Waals surface area contributed by atoms with E-state index in [1.807, 2.05) is 0 Å². The van der Waals surface area contributed by atoms with E-state index in [0.29, 0.717) is 13.1 Å². The molecule has 1 aromatic carbocycles. The molecular formula is C12H14ClFN2O3. The van der Waals surface area contributed by atoms with E-state index in [1.54, 1.807) is 11.8 Å². The van der Waals surface area contributed by atoms with Gasteiger partial charge in [0.2, 0.25) is 0 Å². The predicted octanol–water partition coefficient (Wildman–Crippen LogP) is 2.59. The highest BCUT2D eigenvalue weighted by molar-refractivity contribution is 6.31. The highest BCUT2D eigenvalue weighted by atomic mass is 35.5. The second-order valence-corrected chi connectivity index (χ2v) is 5.15. The van der Waals surface area contributed by atoms with Crippen LogP contribution in [0.25, 0.3) is 0 Å². The molecule has 0 aliphatic carbocycles. The zero-order valence-corrected chi connectivity index (χ0v) is 11.1. The molecule has 1 saturated heterocycles. The van der Waals surface area contributed by atoms with E-state index in [0.717, 1.165) is 18.6 Å². The molecule has 104 valence electrons. The van der Waals surface area contributed by atoms with Crippen molar-refractivity contribution in [3.63, 3.8) is 0 Å². The van der Waals surface area contributed by atoms with Crippen LogP contribution in [0.1, 0.15) is 13.3 Å². The van der Waals surface area contributed by atoms with Gasteiger partial charge in [-0.15, -0.1) is 0 Å². The van der Waals surface area contributed by atoms with Crippen molar-refractivity contribution in [2.24, 2.45) is 5.92 Å². The topological polar surface area (TPSA) is 66.6 Å². The van der Waals surface area contributed by atoms with Crippen LogP contribution in [-0.4, -0.2) is 29.2 Å². The van der Waals surface area contributed by atoms with Gasteiger partial charge < -0.3 is 10.0 Å². The highest BCUT2D eigenvalue weighted by Crippen LogP contribution is 2.36. The van der Waals surface area contributed by atoms with Crippen LogP contribution in [0.3, 0.4) is 0 Å². The fourth-order valence-corrected chi connectivity index (χ4v) is 2.48. The van der Waals surface area contributed by atoms with E-state index in [2.05, 4.69) is 0 Å². The van der Waals surface area contributed by atoms with E-state index in [-0.39, 0.29) is 22.3 Å². The second kappa shape index (κ2) is 5.30. The summed E-state index contributed by atoms with van der Waals surface area (Å²) < 4.78 is 13.5. The Morgan fingerprint density at radius 3 is 2.84 bits per heavy atom. The van der Waals surface area contributed by atoms with Crippen molar-refractivity contribution < 1.29 is 14.4 Å². The third-order valence-electron chi connectivity index (χ3n) is 3.46. The SMILES string of the molecule is CC(O)C1CCN(c2cc(F)c(Cl)cc2[N+](=O)[O-])C1. The molecule has 0 aromatic heterocycles. The highest BCUT2D eigenvalue weighted by Gasteiger charge is 2.30. The minimum Gasteiger partial charge on any atom is -0.393 e. The van der Waals surface area contributed by atoms with Crippen LogP contribution in [0, 0.1) is 21.8 Å². The Morgan fingerprint density at radius 2 is 2.32 bits per heavy atom. The summed E-state index contributed by atoms with van der Waals surface area (Å²) >= 11 is 5.58. The molecule has 1 aliphatic rings. The quantitative estimate of drug-likeness (QED) is 0.686. The summed E-state index contributed by atoms with van der Waals surface area (Å²) in [5.41, 5.74) is 0.00712. The largest absolute Gasteiger partial charge is 0.393 e. The molecule has 2 unspecified atom stereocenters. The lowest BCUT2D eigenvalue weighted by Crippen LogP contribution is -2.24. The first-order chi connectivity index (χ1) is 8.90. The molecule has 0 radical (unpaired) electrons. The minimum atomic E-state index is -0.678. The minimum absolute atomic E-state index is 0.0401. The molecule has 0 spiro atoms. The number of nitro benzene ring substituents is 1. The van der Waals surface area contributed by atoms with Gasteiger partial charge >= 0.3 is 0 Å². The maximum atomic E-state index is 13.5. The van der Waals surface area contributed by atoms with E-state index in [1.165, 1.54) is 0 Å². The Morgan fingerprint density at radius 1 is 1.63 bits per heavy atom. The van der Waals surface area contributed by atoms with Gasteiger partial charge in [-0.3, -0.25) is 10.1 Å². The van der Waals surface area contributed by atoms with E-state index < -0.39 is 16.8 Å². The van der Waals surface area contributed by atoms with Crippen molar-refractivity contribution in [2.75, 3.05) is 18.0 Å². The van der Waals surface area contributed by atoms with Gasteiger partial charge in [0, 0.05) is 31.1 Å². The van der Waals surface area contributed by atoms with Crippen LogP contribution in [0.5, 0.6) is 0 Å². The van der Waals surface area contributed by atoms with Crippen molar-refractivity contribution >= 4 is 23.0 Å². The van der Waals surface area contributed by atoms with Gasteiger partial charge in [-0.2, -0.15) is 0 Å². The van der Waals surface area contributed by atoms with Crippen LogP contribution in [0.15, 0.2) is 12.1 Å². The van der Waals surface area contributed by atoms with Gasteiger partial charge in [-0.25, -0.2) is 4.39 Å². The summed E-state index contributed by atoms with van der Waals surface area (Å²) in [7, 11) is 0. The molecule has 1 N–H and O–H groups in total. The third-order valence-corrected chi connectivity index (χ3v) is 3.75. The van der Waals surface area contributed by atoms with Crippen LogP contribution in [-0.2, 0) is 0 Å². The third kappa shape index (κ3) is 2.79. The lowest BCUT2D eigenvalue weighted by Gasteiger charge is -2.19. The number of nitro groups is 1. The molecular weight excluding hydrogens is 275 g/mol. The maximum Gasteiger partial charge on any atom is 0.294 e. The van der Waals surface area contributed by atoms with Gasteiger partial charge in [0.05, 0.1) is 16.0 Å². The molecule has 1 heterocycles. The standard InChI is InChI=1S/C12H14ClFN2O3/c1-7(17)8-2-3-15(6-8)11-5-10(14)9(13)4-12(11)16(18)19/h4-5,7-8,17H,2-3,6H2,1H3. The van der Waals surface area contributed by atoms with Gasteiger partial charge in [0.15, 0.2) is 0 Å². The lowest BCUT2D eigenvalue weighted by molar-refractivity contribution is -0.384. The first-order valence-corrected chi connectivity index (χ1v) is 6.34. The van der Waals surface area contributed by atoms with Crippen molar-refractivity contribution in [1.82, 2.24) is 0 Å². The summed E-state index contributed by atoms with van der Waals surface area (Å²) in [5, 5.41) is 20.3. The van der Waals surface area contributed by atoms with Crippen LogP contribution < -0.4 is 4.90 Å². The first-order valence-electron chi connectivity index (χ1n) is 5.96. The summed E-state index contributed by atoms with van der Waals surface area (Å²) in [6.45, 7) is 2.71. The first kappa shape index (κ1) is 14.0. The number of aliphatic hydroxyl groups excluding tert-OH is 1. The Hall–Kier alpha value is -1.40. The summed E-state index contributed by atoms with van der Waals surface area (Å²) in [6.07, 6.45) is 0.236. The van der Waals surface area contributed by atoms with Crippen molar-refractivity contribution in [3.05, 3.63) is 33.1 Å². The second-order valence-electron chi connectivity index (χ2n) is 4.75. The van der Waals surface area contributed by atoms with Crippen molar-refractivity contribution in [3.8, 4) is 0 Å². The van der Waals surface area contributed by atoms with Crippen LogP contribution in [0.2, 0.25) is 5.02 Å². The maximum absolute atomic E-state index is 13.5. The Balaban J connectivity index is 2.34. The molecule has 0 saturated carbocycles. The number of hydrogen-bond acceptors (Lipinski definition) is 4. The molecule has 19 heavy (non-hydrogen) atoms. The molecule has 0 amide bonds. The molecule has 7 heteroatoms. The lowest BCUT2D eigenvalue weighted by atomic mass is 10.0. The monoisotopic (exact) mass is 288 g/mol. The molecule has 1 fully saturated rings. The average Bonchev–Trinajstić information content (AvgIpc) is 2.81. The van der Waals surface area contributed by atoms with Crippen LogP contribution >= 0.6 is 11.6 Å². The molecule has 1 aromatic rings. The number of hydrogen-bond donors (Lipinski definition) is 1. The average molecular weight is 289 g/mol. The van der Waals surface area contributed by atoms with E-state index in [4.69, 9.17) is 11.6 Å². The molecule has 2 atom stereocenters. The fraction of sp³-hybridized carbons (Fsp3) is 0.500. The number of anilines is 1. The number of halogens is 2. The van der Waals surface area contributed by atoms with Crippen LogP contribution in [0.4, 0.5) is 15.8 Å². The summed E-state index contributed by atoms with van der Waals surface area (Å²) in [6, 6.07) is 2.12. The molecule has 2 rings (SSSR count). The summed E-state index contributed by atoms with van der Waals surface area (Å²) in [4.78, 5) is 12.1. The smallest absolute Gasteiger partial charge is 0.294 e. The zero-order valence-electron chi connectivity index (χ0n) is 10.3. The van der Waals surface area contributed by atoms with Gasteiger partial charge in [-0.05, 0) is 13.3 Å². The zero-order chi connectivity index (χ0) is 14.2. The van der Waals surface area contributed by atoms with Crippen molar-refractivity contribution in [1.29, 1.82) is 0 Å². The van der Waals surface area contributed by atoms with E-state index in [9.17, 15) is 19.6 Å². The molecule has 0 bridgehead atoms. The number of benzene rings is 1. The normalized spacial score (nSPS) is 20.6. The number of nitrogens with zero attached hydrogens (tertiary/aromatic N) is 2. The van der Waals surface area contributed by atoms with Gasteiger partial charge in [-0.1, -0.05) is 11.6 Å². The predicted molar refractivity (Wildman–Crippen MR) is 70.1 cm³/mol. The number of aliphatic hydroxyl groups is 1. The Kier molecular flexibility index (Phi) is 3.91. The van der Waals surface area contributed by atoms with Crippen molar-refractivity contribution in [2.45, 2.75) is 19.4 Å². The van der Waals surface area contributed by atoms with Gasteiger partial charge in [0.1, 0.15) is 11.5 Å². The van der Waals surface area contributed by atoms with Gasteiger partial charge in [0.25, 0.3) is 5.69 Å².